The fourth-order valence-corrected chi connectivity index (χ4v) is 5.64. The highest BCUT2D eigenvalue weighted by molar-refractivity contribution is 6.02. The van der Waals surface area contributed by atoms with Gasteiger partial charge in [-0.2, -0.15) is 0 Å². The van der Waals surface area contributed by atoms with E-state index in [0.29, 0.717) is 30.8 Å². The number of likely N-dealkylation sites (N-methyl/N-ethyl adjacent to an activating group) is 1. The number of anilines is 1. The molecular weight excluding hydrogens is 394 g/mol. The Kier molecular flexibility index (Phi) is 4.66. The number of hydrogen-bond acceptors (Lipinski definition) is 5. The van der Waals surface area contributed by atoms with Crippen molar-refractivity contribution in [2.24, 2.45) is 0 Å². The molecule has 0 radical (unpaired) electrons. The molecule has 7 heteroatoms. The second kappa shape index (κ2) is 7.27. The summed E-state index contributed by atoms with van der Waals surface area (Å²) in [4.78, 5) is 31.1. The van der Waals surface area contributed by atoms with E-state index in [1.54, 1.807) is 14.2 Å². The van der Waals surface area contributed by atoms with Crippen LogP contribution in [0.15, 0.2) is 42.5 Å². The molecule has 0 spiro atoms. The molecule has 2 saturated heterocycles. The van der Waals surface area contributed by atoms with Gasteiger partial charge in [0.05, 0.1) is 26.3 Å². The fraction of sp³-hybridized carbons (Fsp3) is 0.417. The molecule has 3 heterocycles. The third-order valence-electron chi connectivity index (χ3n) is 7.22. The summed E-state index contributed by atoms with van der Waals surface area (Å²) in [5, 5.41) is 3.11. The Morgan fingerprint density at radius 1 is 1.13 bits per heavy atom. The van der Waals surface area contributed by atoms with E-state index in [4.69, 9.17) is 9.47 Å². The number of rotatable bonds is 4. The average Bonchev–Trinajstić information content (AvgIpc) is 3.07. The van der Waals surface area contributed by atoms with Gasteiger partial charge in [-0.3, -0.25) is 14.5 Å². The smallest absolute Gasteiger partial charge is 0.247 e. The molecule has 2 fully saturated rings. The van der Waals surface area contributed by atoms with Crippen molar-refractivity contribution in [2.45, 2.75) is 36.9 Å². The summed E-state index contributed by atoms with van der Waals surface area (Å²) in [6.07, 6.45) is 2.07. The van der Waals surface area contributed by atoms with E-state index in [2.05, 4.69) is 5.32 Å². The molecule has 2 aromatic rings. The lowest BCUT2D eigenvalue weighted by molar-refractivity contribution is -0.157. The van der Waals surface area contributed by atoms with Crippen molar-refractivity contribution in [3.63, 3.8) is 0 Å². The van der Waals surface area contributed by atoms with Crippen LogP contribution in [0.5, 0.6) is 11.5 Å². The third kappa shape index (κ3) is 2.83. The van der Waals surface area contributed by atoms with Crippen molar-refractivity contribution >= 4 is 17.5 Å². The molecule has 0 aromatic heterocycles. The zero-order chi connectivity index (χ0) is 21.8. The highest BCUT2D eigenvalue weighted by atomic mass is 16.5. The summed E-state index contributed by atoms with van der Waals surface area (Å²) in [7, 11) is 5.17. The predicted molar refractivity (Wildman–Crippen MR) is 116 cm³/mol. The topological polar surface area (TPSA) is 71.1 Å². The highest BCUT2D eigenvalue weighted by Gasteiger charge is 2.64. The third-order valence-corrected chi connectivity index (χ3v) is 7.22. The SMILES string of the molecule is COc1cccc(NC(=O)C23CCC(C(=O)N4CCc5cc(OC)ccc5C42)N3C)c1. The number of fused-ring (bicyclic) bond motifs is 6. The monoisotopic (exact) mass is 421 g/mol. The van der Waals surface area contributed by atoms with Crippen molar-refractivity contribution in [1.82, 2.24) is 9.80 Å². The molecule has 3 unspecified atom stereocenters. The summed E-state index contributed by atoms with van der Waals surface area (Å²) >= 11 is 0. The van der Waals surface area contributed by atoms with Gasteiger partial charge in [0.15, 0.2) is 0 Å². The van der Waals surface area contributed by atoms with Crippen molar-refractivity contribution in [3.8, 4) is 11.5 Å². The van der Waals surface area contributed by atoms with Gasteiger partial charge in [-0.05, 0) is 61.7 Å². The predicted octanol–water partition coefficient (Wildman–Crippen LogP) is 2.61. The molecule has 5 rings (SSSR count). The zero-order valence-corrected chi connectivity index (χ0v) is 18.1. The highest BCUT2D eigenvalue weighted by Crippen LogP contribution is 2.52. The molecule has 0 aliphatic carbocycles. The standard InChI is InChI=1S/C24H27N3O4/c1-26-20-9-11-24(26,23(29)25-16-5-4-6-17(14-16)30-2)21-19-8-7-18(31-3)13-15(19)10-12-27(21)22(20)28/h4-8,13-14,20-21H,9-12H2,1-3H3,(H,25,29). The molecule has 2 amide bonds. The average molecular weight is 421 g/mol. The minimum atomic E-state index is -0.828. The number of nitrogens with zero attached hydrogens (tertiary/aromatic N) is 2. The van der Waals surface area contributed by atoms with E-state index in [-0.39, 0.29) is 23.9 Å². The molecule has 1 N–H and O–H groups in total. The normalized spacial score (nSPS) is 26.8. The van der Waals surface area contributed by atoms with Crippen molar-refractivity contribution in [3.05, 3.63) is 53.6 Å². The Morgan fingerprint density at radius 3 is 2.68 bits per heavy atom. The van der Waals surface area contributed by atoms with Crippen LogP contribution in [0.2, 0.25) is 0 Å². The quantitative estimate of drug-likeness (QED) is 0.822. The Hall–Kier alpha value is -3.06. The lowest BCUT2D eigenvalue weighted by atomic mass is 9.76. The largest absolute Gasteiger partial charge is 0.497 e. The summed E-state index contributed by atoms with van der Waals surface area (Å²) in [6, 6.07) is 12.8. The molecule has 2 bridgehead atoms. The van der Waals surface area contributed by atoms with Gasteiger partial charge in [-0.15, -0.1) is 0 Å². The number of carbonyl (C=O) groups is 2. The summed E-state index contributed by atoms with van der Waals surface area (Å²) in [6.45, 7) is 0.613. The van der Waals surface area contributed by atoms with Crippen LogP contribution in [-0.4, -0.2) is 61.0 Å². The molecular formula is C24H27N3O4. The maximum absolute atomic E-state index is 13.9. The first-order valence-corrected chi connectivity index (χ1v) is 10.7. The van der Waals surface area contributed by atoms with Gasteiger partial charge in [0.25, 0.3) is 0 Å². The van der Waals surface area contributed by atoms with E-state index < -0.39 is 5.54 Å². The van der Waals surface area contributed by atoms with Gasteiger partial charge in [-0.1, -0.05) is 12.1 Å². The van der Waals surface area contributed by atoms with Crippen LogP contribution in [0.25, 0.3) is 0 Å². The Labute approximate surface area is 181 Å². The van der Waals surface area contributed by atoms with E-state index >= 15 is 0 Å². The molecule has 3 atom stereocenters. The number of ether oxygens (including phenoxy) is 2. The Balaban J connectivity index is 1.59. The van der Waals surface area contributed by atoms with Crippen LogP contribution < -0.4 is 14.8 Å². The Bertz CT molecular complexity index is 1050. The van der Waals surface area contributed by atoms with E-state index in [1.807, 2.05) is 59.3 Å². The number of benzene rings is 2. The van der Waals surface area contributed by atoms with Crippen molar-refractivity contribution in [1.29, 1.82) is 0 Å². The van der Waals surface area contributed by atoms with E-state index in [0.717, 1.165) is 23.3 Å². The minimum absolute atomic E-state index is 0.0862. The van der Waals surface area contributed by atoms with Gasteiger partial charge in [-0.25, -0.2) is 0 Å². The molecule has 7 nitrogen and oxygen atoms in total. The molecule has 3 aliphatic rings. The first kappa shape index (κ1) is 19.9. The lowest BCUT2D eigenvalue weighted by Crippen LogP contribution is -2.69. The molecule has 31 heavy (non-hydrogen) atoms. The number of methoxy groups -OCH3 is 2. The van der Waals surface area contributed by atoms with Crippen LogP contribution in [-0.2, 0) is 16.0 Å². The summed E-state index contributed by atoms with van der Waals surface area (Å²) < 4.78 is 10.7. The van der Waals surface area contributed by atoms with Crippen LogP contribution in [0.3, 0.4) is 0 Å². The second-order valence-corrected chi connectivity index (χ2v) is 8.52. The Morgan fingerprint density at radius 2 is 1.90 bits per heavy atom. The van der Waals surface area contributed by atoms with Gasteiger partial charge >= 0.3 is 0 Å². The number of carbonyl (C=O) groups excluding carboxylic acids is 2. The maximum atomic E-state index is 13.9. The van der Waals surface area contributed by atoms with Crippen LogP contribution in [0, 0.1) is 0 Å². The summed E-state index contributed by atoms with van der Waals surface area (Å²) in [5.41, 5.74) is 2.03. The van der Waals surface area contributed by atoms with Crippen LogP contribution in [0.4, 0.5) is 5.69 Å². The number of amides is 2. The molecule has 162 valence electrons. The van der Waals surface area contributed by atoms with Crippen molar-refractivity contribution in [2.75, 3.05) is 33.1 Å². The fourth-order valence-electron chi connectivity index (χ4n) is 5.64. The van der Waals surface area contributed by atoms with E-state index in [1.165, 1.54) is 0 Å². The minimum Gasteiger partial charge on any atom is -0.497 e. The van der Waals surface area contributed by atoms with Crippen LogP contribution in [0.1, 0.15) is 30.0 Å². The first-order valence-electron chi connectivity index (χ1n) is 10.7. The van der Waals surface area contributed by atoms with Gasteiger partial charge < -0.3 is 19.7 Å². The lowest BCUT2D eigenvalue weighted by Gasteiger charge is -2.54. The molecule has 3 aliphatic heterocycles. The number of piperazine rings is 1. The maximum Gasteiger partial charge on any atom is 0.247 e. The second-order valence-electron chi connectivity index (χ2n) is 8.52. The van der Waals surface area contributed by atoms with Gasteiger partial charge in [0, 0.05) is 18.3 Å². The van der Waals surface area contributed by atoms with E-state index in [9.17, 15) is 9.59 Å². The molecule has 2 aromatic carbocycles. The zero-order valence-electron chi connectivity index (χ0n) is 18.1. The number of hydrogen-bond donors (Lipinski definition) is 1. The summed E-state index contributed by atoms with van der Waals surface area (Å²) in [5.74, 6) is 1.51. The first-order chi connectivity index (χ1) is 15.0. The number of nitrogens with one attached hydrogen (secondary N) is 1. The van der Waals surface area contributed by atoms with Crippen LogP contribution >= 0.6 is 0 Å². The van der Waals surface area contributed by atoms with Gasteiger partial charge in [0.1, 0.15) is 17.0 Å². The van der Waals surface area contributed by atoms with Crippen molar-refractivity contribution < 1.29 is 19.1 Å². The van der Waals surface area contributed by atoms with Gasteiger partial charge in [0.2, 0.25) is 11.8 Å². The molecule has 0 saturated carbocycles.